The number of rotatable bonds is 5. The molecule has 0 unspecified atom stereocenters. The molecule has 0 fully saturated rings. The SMILES string of the molecule is CC.CCc1ccc(Oc2ccccc2)cc1.COCC(C)C. The van der Waals surface area contributed by atoms with Gasteiger partial charge in [-0.15, -0.1) is 0 Å². The molecule has 2 heteroatoms. The highest BCUT2D eigenvalue weighted by molar-refractivity contribution is 5.32. The molecule has 0 saturated carbocycles. The molecule has 0 heterocycles. The topological polar surface area (TPSA) is 18.5 Å². The van der Waals surface area contributed by atoms with Gasteiger partial charge in [-0.3, -0.25) is 0 Å². The molecule has 0 radical (unpaired) electrons. The van der Waals surface area contributed by atoms with Crippen LogP contribution in [0.1, 0.15) is 40.2 Å². The van der Waals surface area contributed by atoms with Crippen LogP contribution in [0.2, 0.25) is 0 Å². The van der Waals surface area contributed by atoms with Crippen molar-refractivity contribution in [2.75, 3.05) is 13.7 Å². The summed E-state index contributed by atoms with van der Waals surface area (Å²) in [5, 5.41) is 0. The Balaban J connectivity index is 0.000000515. The lowest BCUT2D eigenvalue weighted by atomic mass is 10.2. The Morgan fingerprint density at radius 1 is 0.826 bits per heavy atom. The predicted octanol–water partition coefficient (Wildman–Crippen LogP) is 6.36. The third-order valence-corrected chi connectivity index (χ3v) is 2.81. The van der Waals surface area contributed by atoms with Crippen molar-refractivity contribution >= 4 is 0 Å². The Morgan fingerprint density at radius 2 is 1.35 bits per heavy atom. The van der Waals surface area contributed by atoms with Crippen molar-refractivity contribution in [3.8, 4) is 11.5 Å². The van der Waals surface area contributed by atoms with E-state index >= 15 is 0 Å². The minimum Gasteiger partial charge on any atom is -0.457 e. The van der Waals surface area contributed by atoms with Crippen LogP contribution >= 0.6 is 0 Å². The van der Waals surface area contributed by atoms with Gasteiger partial charge in [0.1, 0.15) is 11.5 Å². The van der Waals surface area contributed by atoms with E-state index in [2.05, 4.69) is 32.9 Å². The molecule has 2 aromatic rings. The van der Waals surface area contributed by atoms with E-state index in [1.54, 1.807) is 7.11 Å². The summed E-state index contributed by atoms with van der Waals surface area (Å²) in [5.74, 6) is 2.44. The lowest BCUT2D eigenvalue weighted by Gasteiger charge is -2.05. The fourth-order valence-electron chi connectivity index (χ4n) is 1.75. The van der Waals surface area contributed by atoms with Crippen molar-refractivity contribution in [3.05, 3.63) is 60.2 Å². The molecule has 2 nitrogen and oxygen atoms in total. The summed E-state index contributed by atoms with van der Waals surface area (Å²) < 4.78 is 10.5. The first-order chi connectivity index (χ1) is 11.2. The van der Waals surface area contributed by atoms with Crippen molar-refractivity contribution in [3.63, 3.8) is 0 Å². The monoisotopic (exact) mass is 316 g/mol. The summed E-state index contributed by atoms with van der Waals surface area (Å²) in [4.78, 5) is 0. The largest absolute Gasteiger partial charge is 0.457 e. The van der Waals surface area contributed by atoms with E-state index in [9.17, 15) is 0 Å². The van der Waals surface area contributed by atoms with E-state index in [1.807, 2.05) is 56.3 Å². The van der Waals surface area contributed by atoms with Gasteiger partial charge >= 0.3 is 0 Å². The second-order valence-electron chi connectivity index (χ2n) is 5.26. The average molecular weight is 316 g/mol. The molecule has 0 aliphatic heterocycles. The molecule has 0 atom stereocenters. The first-order valence-electron chi connectivity index (χ1n) is 8.46. The molecule has 2 aromatic carbocycles. The maximum Gasteiger partial charge on any atom is 0.127 e. The van der Waals surface area contributed by atoms with Crippen molar-refractivity contribution in [1.82, 2.24) is 0 Å². The Labute approximate surface area is 142 Å². The number of benzene rings is 2. The smallest absolute Gasteiger partial charge is 0.127 e. The van der Waals surface area contributed by atoms with Gasteiger partial charge in [0.05, 0.1) is 0 Å². The minimum atomic E-state index is 0.676. The quantitative estimate of drug-likeness (QED) is 0.639. The molecule has 128 valence electrons. The zero-order valence-electron chi connectivity index (χ0n) is 15.5. The number of aryl methyl sites for hydroxylation is 1. The van der Waals surface area contributed by atoms with Crippen molar-refractivity contribution in [2.24, 2.45) is 5.92 Å². The summed E-state index contributed by atoms with van der Waals surface area (Å²) in [7, 11) is 1.72. The summed E-state index contributed by atoms with van der Waals surface area (Å²) in [6.07, 6.45) is 1.06. The minimum absolute atomic E-state index is 0.676. The van der Waals surface area contributed by atoms with E-state index in [-0.39, 0.29) is 0 Å². The summed E-state index contributed by atoms with van der Waals surface area (Å²) in [6.45, 7) is 11.3. The van der Waals surface area contributed by atoms with Crippen LogP contribution in [0, 0.1) is 5.92 Å². The first-order valence-corrected chi connectivity index (χ1v) is 8.46. The Hall–Kier alpha value is -1.80. The standard InChI is InChI=1S/C14H14O.C5H12O.C2H6/c1-2-12-8-10-14(11-9-12)15-13-6-4-3-5-7-13;1-5(2)4-6-3;1-2/h3-11H,2H2,1H3;5H,4H2,1-3H3;1-2H3. The van der Waals surface area contributed by atoms with E-state index in [4.69, 9.17) is 9.47 Å². The van der Waals surface area contributed by atoms with Gasteiger partial charge in [-0.05, 0) is 42.2 Å². The van der Waals surface area contributed by atoms with Gasteiger partial charge in [0.2, 0.25) is 0 Å². The highest BCUT2D eigenvalue weighted by Crippen LogP contribution is 2.21. The average Bonchev–Trinajstić information content (AvgIpc) is 2.59. The zero-order chi connectivity index (χ0) is 17.5. The van der Waals surface area contributed by atoms with E-state index in [1.165, 1.54) is 5.56 Å². The third kappa shape index (κ3) is 10.5. The van der Waals surface area contributed by atoms with E-state index < -0.39 is 0 Å². The highest BCUT2D eigenvalue weighted by atomic mass is 16.5. The lowest BCUT2D eigenvalue weighted by Crippen LogP contribution is -1.96. The lowest BCUT2D eigenvalue weighted by molar-refractivity contribution is 0.167. The predicted molar refractivity (Wildman–Crippen MR) is 100 cm³/mol. The van der Waals surface area contributed by atoms with Crippen LogP contribution < -0.4 is 4.74 Å². The number of hydrogen-bond donors (Lipinski definition) is 0. The first kappa shape index (κ1) is 21.2. The molecule has 0 aliphatic carbocycles. The van der Waals surface area contributed by atoms with Crippen LogP contribution in [0.5, 0.6) is 11.5 Å². The molecule has 0 bridgehead atoms. The Bertz CT molecular complexity index is 475. The molecule has 23 heavy (non-hydrogen) atoms. The van der Waals surface area contributed by atoms with Crippen LogP contribution in [0.15, 0.2) is 54.6 Å². The molecule has 0 amide bonds. The molecule has 2 rings (SSSR count). The second-order valence-corrected chi connectivity index (χ2v) is 5.26. The molecule has 0 saturated heterocycles. The number of para-hydroxylation sites is 1. The van der Waals surface area contributed by atoms with Crippen LogP contribution in [-0.4, -0.2) is 13.7 Å². The highest BCUT2D eigenvalue weighted by Gasteiger charge is 1.95. The van der Waals surface area contributed by atoms with Crippen LogP contribution in [0.4, 0.5) is 0 Å². The van der Waals surface area contributed by atoms with Gasteiger partial charge in [-0.1, -0.05) is 65.0 Å². The maximum atomic E-state index is 5.68. The van der Waals surface area contributed by atoms with Crippen LogP contribution in [-0.2, 0) is 11.2 Å². The van der Waals surface area contributed by atoms with Gasteiger partial charge in [-0.2, -0.15) is 0 Å². The van der Waals surface area contributed by atoms with Gasteiger partial charge in [0.15, 0.2) is 0 Å². The Kier molecular flexibility index (Phi) is 12.8. The van der Waals surface area contributed by atoms with Crippen LogP contribution in [0.3, 0.4) is 0 Å². The van der Waals surface area contributed by atoms with Gasteiger partial charge in [0, 0.05) is 13.7 Å². The fourth-order valence-corrected chi connectivity index (χ4v) is 1.75. The molecule has 0 N–H and O–H groups in total. The van der Waals surface area contributed by atoms with Crippen molar-refractivity contribution in [2.45, 2.75) is 41.0 Å². The maximum absolute atomic E-state index is 5.68. The molecular formula is C21H32O2. The number of methoxy groups -OCH3 is 1. The van der Waals surface area contributed by atoms with Crippen molar-refractivity contribution < 1.29 is 9.47 Å². The van der Waals surface area contributed by atoms with Gasteiger partial charge in [-0.25, -0.2) is 0 Å². The fraction of sp³-hybridized carbons (Fsp3) is 0.429. The van der Waals surface area contributed by atoms with Gasteiger partial charge in [0.25, 0.3) is 0 Å². The molecular weight excluding hydrogens is 284 g/mol. The number of hydrogen-bond acceptors (Lipinski definition) is 2. The normalized spacial score (nSPS) is 9.35. The zero-order valence-corrected chi connectivity index (χ0v) is 15.5. The van der Waals surface area contributed by atoms with Crippen molar-refractivity contribution in [1.29, 1.82) is 0 Å². The number of ether oxygens (including phenoxy) is 2. The van der Waals surface area contributed by atoms with Crippen LogP contribution in [0.25, 0.3) is 0 Å². The Morgan fingerprint density at radius 3 is 1.74 bits per heavy atom. The third-order valence-electron chi connectivity index (χ3n) is 2.81. The van der Waals surface area contributed by atoms with E-state index in [0.717, 1.165) is 24.5 Å². The van der Waals surface area contributed by atoms with E-state index in [0.29, 0.717) is 5.92 Å². The van der Waals surface area contributed by atoms with Gasteiger partial charge < -0.3 is 9.47 Å². The summed E-state index contributed by atoms with van der Waals surface area (Å²) in [5.41, 5.74) is 1.33. The second kappa shape index (κ2) is 13.8. The molecule has 0 spiro atoms. The molecule has 0 aromatic heterocycles. The summed E-state index contributed by atoms with van der Waals surface area (Å²) >= 11 is 0. The molecule has 0 aliphatic rings. The summed E-state index contributed by atoms with van der Waals surface area (Å²) in [6, 6.07) is 18.0.